The highest BCUT2D eigenvalue weighted by molar-refractivity contribution is 9.10. The van der Waals surface area contributed by atoms with Crippen molar-refractivity contribution in [3.05, 3.63) is 91.6 Å². The number of aryl methyl sites for hydroxylation is 2. The molecule has 0 spiro atoms. The topological polar surface area (TPSA) is 57.6 Å². The van der Waals surface area contributed by atoms with Crippen molar-refractivity contribution in [2.24, 2.45) is 0 Å². The molecule has 1 aliphatic rings. The molecule has 2 aromatic carbocycles. The second-order valence-corrected chi connectivity index (χ2v) is 8.85. The summed E-state index contributed by atoms with van der Waals surface area (Å²) in [6, 6.07) is 15.8. The molecule has 0 radical (unpaired) electrons. The van der Waals surface area contributed by atoms with Crippen molar-refractivity contribution in [1.29, 1.82) is 0 Å². The number of hydrogen-bond donors (Lipinski definition) is 1. The number of carbonyl (C=O) groups excluding carboxylic acids is 2. The first kappa shape index (κ1) is 19.6. The zero-order chi connectivity index (χ0) is 20.7. The van der Waals surface area contributed by atoms with Crippen LogP contribution in [0.4, 0.5) is 5.69 Å². The van der Waals surface area contributed by atoms with Crippen LogP contribution in [0.5, 0.6) is 0 Å². The SMILES string of the molecule is Cc1ccc(N2C(=O)C(=O)/C(=C(\O)c3ccc(Br)cc3)C2c2cccs2)cc1C. The van der Waals surface area contributed by atoms with Gasteiger partial charge in [-0.1, -0.05) is 40.2 Å². The summed E-state index contributed by atoms with van der Waals surface area (Å²) >= 11 is 4.82. The summed E-state index contributed by atoms with van der Waals surface area (Å²) in [5, 5.41) is 12.9. The Morgan fingerprint density at radius 1 is 1.03 bits per heavy atom. The number of thiophene rings is 1. The van der Waals surface area contributed by atoms with Gasteiger partial charge in [-0.05, 0) is 60.7 Å². The zero-order valence-corrected chi connectivity index (χ0v) is 18.3. The summed E-state index contributed by atoms with van der Waals surface area (Å²) in [4.78, 5) is 28.4. The van der Waals surface area contributed by atoms with E-state index in [0.29, 0.717) is 11.3 Å². The monoisotopic (exact) mass is 467 g/mol. The van der Waals surface area contributed by atoms with E-state index in [2.05, 4.69) is 15.9 Å². The van der Waals surface area contributed by atoms with E-state index in [9.17, 15) is 14.7 Å². The van der Waals surface area contributed by atoms with Crippen LogP contribution in [0.3, 0.4) is 0 Å². The van der Waals surface area contributed by atoms with Crippen LogP contribution in [0.25, 0.3) is 5.76 Å². The predicted molar refractivity (Wildman–Crippen MR) is 119 cm³/mol. The van der Waals surface area contributed by atoms with Crippen LogP contribution in [0.1, 0.15) is 27.6 Å². The van der Waals surface area contributed by atoms with Gasteiger partial charge in [-0.2, -0.15) is 0 Å². The minimum absolute atomic E-state index is 0.109. The maximum Gasteiger partial charge on any atom is 0.300 e. The first-order valence-electron chi connectivity index (χ1n) is 9.06. The number of ketones is 1. The van der Waals surface area contributed by atoms with E-state index < -0.39 is 17.7 Å². The molecular formula is C23H18BrNO3S. The van der Waals surface area contributed by atoms with Gasteiger partial charge in [0.15, 0.2) is 0 Å². The molecule has 1 N–H and O–H groups in total. The maximum atomic E-state index is 13.0. The summed E-state index contributed by atoms with van der Waals surface area (Å²) in [7, 11) is 0. The van der Waals surface area contributed by atoms with Gasteiger partial charge in [-0.3, -0.25) is 14.5 Å². The Morgan fingerprint density at radius 3 is 2.38 bits per heavy atom. The molecule has 4 nitrogen and oxygen atoms in total. The fraction of sp³-hybridized carbons (Fsp3) is 0.130. The third kappa shape index (κ3) is 3.43. The number of hydrogen-bond acceptors (Lipinski definition) is 4. The summed E-state index contributed by atoms with van der Waals surface area (Å²) in [6.07, 6.45) is 0. The number of benzene rings is 2. The van der Waals surface area contributed by atoms with E-state index in [4.69, 9.17) is 0 Å². The number of amides is 1. The molecule has 3 aromatic rings. The Morgan fingerprint density at radius 2 is 1.76 bits per heavy atom. The molecule has 1 amide bonds. The van der Waals surface area contributed by atoms with Crippen LogP contribution >= 0.6 is 27.3 Å². The lowest BCUT2D eigenvalue weighted by Gasteiger charge is -2.24. The lowest BCUT2D eigenvalue weighted by Crippen LogP contribution is -2.29. The van der Waals surface area contributed by atoms with Gasteiger partial charge in [0.1, 0.15) is 11.8 Å². The summed E-state index contributed by atoms with van der Waals surface area (Å²) in [6.45, 7) is 3.97. The highest BCUT2D eigenvalue weighted by atomic mass is 79.9. The maximum absolute atomic E-state index is 13.0. The van der Waals surface area contributed by atoms with E-state index in [1.54, 1.807) is 24.3 Å². The third-order valence-corrected chi connectivity index (χ3v) is 6.60. The minimum Gasteiger partial charge on any atom is -0.507 e. The Kier molecular flexibility index (Phi) is 5.15. The molecule has 1 saturated heterocycles. The van der Waals surface area contributed by atoms with Gasteiger partial charge >= 0.3 is 0 Å². The van der Waals surface area contributed by atoms with Gasteiger partial charge < -0.3 is 5.11 Å². The molecule has 0 bridgehead atoms. The first-order chi connectivity index (χ1) is 13.9. The molecule has 6 heteroatoms. The molecule has 1 unspecified atom stereocenters. The fourth-order valence-electron chi connectivity index (χ4n) is 3.45. The van der Waals surface area contributed by atoms with Crippen molar-refractivity contribution in [2.75, 3.05) is 4.90 Å². The van der Waals surface area contributed by atoms with E-state index >= 15 is 0 Å². The quantitative estimate of drug-likeness (QED) is 0.302. The largest absolute Gasteiger partial charge is 0.507 e. The number of halogens is 1. The molecule has 1 atom stereocenters. The van der Waals surface area contributed by atoms with Gasteiger partial charge in [0, 0.05) is 20.6 Å². The van der Waals surface area contributed by atoms with Gasteiger partial charge in [0.25, 0.3) is 11.7 Å². The van der Waals surface area contributed by atoms with E-state index in [-0.39, 0.29) is 11.3 Å². The fourth-order valence-corrected chi connectivity index (χ4v) is 4.54. The Bertz CT molecular complexity index is 1130. The molecule has 146 valence electrons. The van der Waals surface area contributed by atoms with E-state index in [0.717, 1.165) is 20.5 Å². The number of carbonyl (C=O) groups is 2. The molecule has 2 heterocycles. The number of Topliss-reactive ketones (excluding diaryl/α,β-unsaturated/α-hetero) is 1. The zero-order valence-electron chi connectivity index (χ0n) is 15.8. The second-order valence-electron chi connectivity index (χ2n) is 6.96. The molecule has 0 aliphatic carbocycles. The lowest BCUT2D eigenvalue weighted by molar-refractivity contribution is -0.132. The molecule has 0 saturated carbocycles. The number of aliphatic hydroxyl groups excluding tert-OH is 1. The van der Waals surface area contributed by atoms with Crippen LogP contribution in [0, 0.1) is 13.8 Å². The first-order valence-corrected chi connectivity index (χ1v) is 10.7. The van der Waals surface area contributed by atoms with E-state index in [1.165, 1.54) is 16.2 Å². The van der Waals surface area contributed by atoms with Crippen molar-refractivity contribution >= 4 is 50.4 Å². The Labute approximate surface area is 181 Å². The van der Waals surface area contributed by atoms with Crippen LogP contribution in [-0.4, -0.2) is 16.8 Å². The molecule has 29 heavy (non-hydrogen) atoms. The Balaban J connectivity index is 1.92. The number of aliphatic hydroxyl groups is 1. The third-order valence-electron chi connectivity index (χ3n) is 5.14. The molecule has 1 fully saturated rings. The second kappa shape index (κ2) is 7.61. The molecule has 1 aromatic heterocycles. The number of anilines is 1. The van der Waals surface area contributed by atoms with Crippen molar-refractivity contribution in [2.45, 2.75) is 19.9 Å². The van der Waals surface area contributed by atoms with Crippen molar-refractivity contribution < 1.29 is 14.7 Å². The van der Waals surface area contributed by atoms with Crippen LogP contribution in [0.2, 0.25) is 0 Å². The average Bonchev–Trinajstić information content (AvgIpc) is 3.32. The van der Waals surface area contributed by atoms with Crippen molar-refractivity contribution in [3.63, 3.8) is 0 Å². The minimum atomic E-state index is -0.679. The van der Waals surface area contributed by atoms with Gasteiger partial charge in [-0.15, -0.1) is 11.3 Å². The van der Waals surface area contributed by atoms with Crippen molar-refractivity contribution in [1.82, 2.24) is 0 Å². The van der Waals surface area contributed by atoms with Crippen LogP contribution in [-0.2, 0) is 9.59 Å². The highest BCUT2D eigenvalue weighted by Gasteiger charge is 2.47. The van der Waals surface area contributed by atoms with Gasteiger partial charge in [-0.25, -0.2) is 0 Å². The standard InChI is InChI=1S/C23H18BrNO3S/c1-13-5-10-17(12-14(13)2)25-20(18-4-3-11-29-18)19(22(27)23(25)28)21(26)15-6-8-16(24)9-7-15/h3-12,20,26H,1-2H3/b21-19-. The van der Waals surface area contributed by atoms with Gasteiger partial charge in [0.05, 0.1) is 5.57 Å². The predicted octanol–water partition coefficient (Wildman–Crippen LogP) is 5.75. The highest BCUT2D eigenvalue weighted by Crippen LogP contribution is 2.43. The average molecular weight is 468 g/mol. The lowest BCUT2D eigenvalue weighted by atomic mass is 9.99. The summed E-state index contributed by atoms with van der Waals surface area (Å²) in [5.74, 6) is -1.48. The molecular weight excluding hydrogens is 450 g/mol. The number of rotatable bonds is 3. The van der Waals surface area contributed by atoms with Gasteiger partial charge in [0.2, 0.25) is 0 Å². The summed E-state index contributed by atoms with van der Waals surface area (Å²) in [5.41, 5.74) is 3.38. The normalized spacial score (nSPS) is 18.4. The molecule has 1 aliphatic heterocycles. The smallest absolute Gasteiger partial charge is 0.300 e. The van der Waals surface area contributed by atoms with Crippen LogP contribution < -0.4 is 4.90 Å². The Hall–Kier alpha value is -2.70. The number of nitrogens with zero attached hydrogens (tertiary/aromatic N) is 1. The summed E-state index contributed by atoms with van der Waals surface area (Å²) < 4.78 is 0.861. The van der Waals surface area contributed by atoms with Crippen molar-refractivity contribution in [3.8, 4) is 0 Å². The van der Waals surface area contributed by atoms with E-state index in [1.807, 2.05) is 49.6 Å². The van der Waals surface area contributed by atoms with Crippen LogP contribution in [0.15, 0.2) is 70.0 Å². The molecule has 4 rings (SSSR count).